The van der Waals surface area contributed by atoms with Gasteiger partial charge in [0.05, 0.1) is 14.2 Å². The van der Waals surface area contributed by atoms with Gasteiger partial charge in [0, 0.05) is 21.8 Å². The van der Waals surface area contributed by atoms with Crippen molar-refractivity contribution in [1.82, 2.24) is 14.8 Å². The van der Waals surface area contributed by atoms with Crippen molar-refractivity contribution in [3.05, 3.63) is 70.8 Å². The first-order valence-corrected chi connectivity index (χ1v) is 8.55. The summed E-state index contributed by atoms with van der Waals surface area (Å²) in [6.07, 6.45) is 3.27. The highest BCUT2D eigenvalue weighted by Gasteiger charge is 2.27. The highest BCUT2D eigenvalue weighted by atomic mass is 35.5. The zero-order valence-electron chi connectivity index (χ0n) is 14.6. The monoisotopic (exact) mass is 386 g/mol. The number of rotatable bonds is 4. The fourth-order valence-corrected chi connectivity index (χ4v) is 3.38. The van der Waals surface area contributed by atoms with Crippen LogP contribution in [-0.4, -0.2) is 29.0 Å². The topological polar surface area (TPSA) is 61.2 Å². The van der Waals surface area contributed by atoms with Gasteiger partial charge in [-0.1, -0.05) is 17.7 Å². The summed E-state index contributed by atoms with van der Waals surface area (Å²) in [5.74, 6) is 1.30. The van der Waals surface area contributed by atoms with Crippen molar-refractivity contribution in [2.45, 2.75) is 6.04 Å². The molecular weight excluding hydrogens is 371 g/mol. The number of nitrogens with zero attached hydrogens (tertiary/aromatic N) is 3. The van der Waals surface area contributed by atoms with E-state index in [1.54, 1.807) is 37.1 Å². The van der Waals surface area contributed by atoms with E-state index < -0.39 is 11.9 Å². The van der Waals surface area contributed by atoms with Gasteiger partial charge in [0.2, 0.25) is 5.95 Å². The third kappa shape index (κ3) is 3.00. The molecular formula is C19H16ClFN4O2. The Labute approximate surface area is 160 Å². The molecule has 0 spiro atoms. The average Bonchev–Trinajstić information content (AvgIpc) is 3.16. The minimum atomic E-state index is -0.541. The second-order valence-corrected chi connectivity index (χ2v) is 6.29. The molecule has 8 heteroatoms. The van der Waals surface area contributed by atoms with Gasteiger partial charge in [-0.05, 0) is 36.4 Å². The number of fused-ring (bicyclic) bond motifs is 1. The van der Waals surface area contributed by atoms with E-state index in [1.807, 2.05) is 18.2 Å². The van der Waals surface area contributed by atoms with E-state index in [9.17, 15) is 4.39 Å². The van der Waals surface area contributed by atoms with E-state index in [0.717, 1.165) is 11.3 Å². The maximum absolute atomic E-state index is 14.6. The molecule has 3 aromatic rings. The van der Waals surface area contributed by atoms with Crippen molar-refractivity contribution in [2.24, 2.45) is 0 Å². The number of halogens is 2. The van der Waals surface area contributed by atoms with Crippen LogP contribution in [0, 0.1) is 5.82 Å². The zero-order valence-corrected chi connectivity index (χ0v) is 15.4. The predicted octanol–water partition coefficient (Wildman–Crippen LogP) is 4.14. The van der Waals surface area contributed by atoms with Crippen LogP contribution >= 0.6 is 11.6 Å². The van der Waals surface area contributed by atoms with Gasteiger partial charge in [-0.25, -0.2) is 9.07 Å². The summed E-state index contributed by atoms with van der Waals surface area (Å²) in [7, 11) is 3.15. The molecule has 27 heavy (non-hydrogen) atoms. The SMILES string of the molecule is COc1ccc(C2=C[C@@H](c3c(F)cccc3Cl)n3ncnc3N2)cc1OC. The molecule has 0 radical (unpaired) electrons. The molecule has 2 aromatic carbocycles. The van der Waals surface area contributed by atoms with E-state index in [0.29, 0.717) is 28.0 Å². The van der Waals surface area contributed by atoms with Crippen LogP contribution in [0.25, 0.3) is 5.70 Å². The predicted molar refractivity (Wildman–Crippen MR) is 101 cm³/mol. The Kier molecular flexibility index (Phi) is 4.45. The van der Waals surface area contributed by atoms with Gasteiger partial charge in [0.15, 0.2) is 11.5 Å². The molecule has 1 atom stereocenters. The second-order valence-electron chi connectivity index (χ2n) is 5.88. The number of benzene rings is 2. The first-order chi connectivity index (χ1) is 13.1. The molecule has 1 N–H and O–H groups in total. The number of allylic oxidation sites excluding steroid dienone is 1. The number of hydrogen-bond acceptors (Lipinski definition) is 5. The summed E-state index contributed by atoms with van der Waals surface area (Å²) in [5.41, 5.74) is 1.91. The average molecular weight is 387 g/mol. The van der Waals surface area contributed by atoms with Crippen molar-refractivity contribution in [1.29, 1.82) is 0 Å². The molecule has 1 aliphatic rings. The van der Waals surface area contributed by atoms with Gasteiger partial charge >= 0.3 is 0 Å². The quantitative estimate of drug-likeness (QED) is 0.730. The third-order valence-corrected chi connectivity index (χ3v) is 4.73. The molecule has 0 bridgehead atoms. The number of anilines is 1. The van der Waals surface area contributed by atoms with Gasteiger partial charge < -0.3 is 14.8 Å². The molecule has 0 unspecified atom stereocenters. The zero-order chi connectivity index (χ0) is 19.0. The summed E-state index contributed by atoms with van der Waals surface area (Å²) in [6.45, 7) is 0. The van der Waals surface area contributed by atoms with Crippen molar-refractivity contribution in [3.8, 4) is 11.5 Å². The van der Waals surface area contributed by atoms with E-state index >= 15 is 0 Å². The Morgan fingerprint density at radius 3 is 2.70 bits per heavy atom. The lowest BCUT2D eigenvalue weighted by atomic mass is 10.0. The Balaban J connectivity index is 1.85. The summed E-state index contributed by atoms with van der Waals surface area (Å²) in [5, 5.41) is 7.75. The molecule has 1 aliphatic heterocycles. The maximum atomic E-state index is 14.6. The molecule has 0 saturated carbocycles. The Morgan fingerprint density at radius 2 is 1.96 bits per heavy atom. The van der Waals surface area contributed by atoms with Crippen LogP contribution < -0.4 is 14.8 Å². The van der Waals surface area contributed by atoms with Crippen LogP contribution in [-0.2, 0) is 0 Å². The van der Waals surface area contributed by atoms with Gasteiger partial charge in [0.1, 0.15) is 18.2 Å². The van der Waals surface area contributed by atoms with Gasteiger partial charge in [-0.15, -0.1) is 0 Å². The Morgan fingerprint density at radius 1 is 1.15 bits per heavy atom. The molecule has 0 fully saturated rings. The fourth-order valence-electron chi connectivity index (χ4n) is 3.10. The summed E-state index contributed by atoms with van der Waals surface area (Å²) in [4.78, 5) is 4.22. The van der Waals surface area contributed by atoms with Crippen molar-refractivity contribution >= 4 is 23.2 Å². The van der Waals surface area contributed by atoms with Crippen LogP contribution in [0.15, 0.2) is 48.8 Å². The van der Waals surface area contributed by atoms with Crippen LogP contribution in [0.3, 0.4) is 0 Å². The van der Waals surface area contributed by atoms with Gasteiger partial charge in [-0.2, -0.15) is 10.1 Å². The lowest BCUT2D eigenvalue weighted by molar-refractivity contribution is 0.355. The standard InChI is InChI=1S/C19H16ClFN4O2/c1-26-16-7-6-11(8-17(16)27-2)14-9-15(25-19(24-14)22-10-23-25)18-12(20)4-3-5-13(18)21/h3-10,15H,1-2H3,(H,22,23,24)/t15-/m0/s1. The molecule has 0 saturated heterocycles. The minimum absolute atomic E-state index is 0.325. The highest BCUT2D eigenvalue weighted by molar-refractivity contribution is 6.31. The smallest absolute Gasteiger partial charge is 0.226 e. The van der Waals surface area contributed by atoms with Crippen molar-refractivity contribution in [2.75, 3.05) is 19.5 Å². The Hall–Kier alpha value is -3.06. The number of ether oxygens (including phenoxy) is 2. The van der Waals surface area contributed by atoms with Gasteiger partial charge in [-0.3, -0.25) is 0 Å². The van der Waals surface area contributed by atoms with E-state index in [2.05, 4.69) is 15.4 Å². The number of nitrogens with one attached hydrogen (secondary N) is 1. The van der Waals surface area contributed by atoms with E-state index in [-0.39, 0.29) is 0 Å². The van der Waals surface area contributed by atoms with Crippen LogP contribution in [0.1, 0.15) is 17.2 Å². The van der Waals surface area contributed by atoms with E-state index in [4.69, 9.17) is 21.1 Å². The third-order valence-electron chi connectivity index (χ3n) is 4.40. The number of aromatic nitrogens is 3. The van der Waals surface area contributed by atoms with Crippen molar-refractivity contribution < 1.29 is 13.9 Å². The summed E-state index contributed by atoms with van der Waals surface area (Å²) in [6, 6.07) is 9.59. The molecule has 138 valence electrons. The normalized spacial score (nSPS) is 15.6. The highest BCUT2D eigenvalue weighted by Crippen LogP contribution is 2.38. The molecule has 2 heterocycles. The van der Waals surface area contributed by atoms with Crippen LogP contribution in [0.4, 0.5) is 10.3 Å². The van der Waals surface area contributed by atoms with Crippen LogP contribution in [0.5, 0.6) is 11.5 Å². The second kappa shape index (κ2) is 6.92. The maximum Gasteiger partial charge on any atom is 0.226 e. The van der Waals surface area contributed by atoms with Gasteiger partial charge in [0.25, 0.3) is 0 Å². The summed E-state index contributed by atoms with van der Waals surface area (Å²) < 4.78 is 26.8. The molecule has 4 rings (SSSR count). The largest absolute Gasteiger partial charge is 0.493 e. The number of hydrogen-bond donors (Lipinski definition) is 1. The molecule has 0 aliphatic carbocycles. The lowest BCUT2D eigenvalue weighted by Gasteiger charge is -2.25. The number of methoxy groups -OCH3 is 2. The first kappa shape index (κ1) is 17.4. The molecule has 0 amide bonds. The molecule has 6 nitrogen and oxygen atoms in total. The summed E-state index contributed by atoms with van der Waals surface area (Å²) >= 11 is 6.29. The first-order valence-electron chi connectivity index (χ1n) is 8.17. The fraction of sp³-hybridized carbons (Fsp3) is 0.158. The lowest BCUT2D eigenvalue weighted by Crippen LogP contribution is -2.21. The van der Waals surface area contributed by atoms with E-state index in [1.165, 1.54) is 12.4 Å². The minimum Gasteiger partial charge on any atom is -0.493 e. The van der Waals surface area contributed by atoms with Crippen LogP contribution in [0.2, 0.25) is 5.02 Å². The molecule has 1 aromatic heterocycles. The Bertz CT molecular complexity index is 1010. The van der Waals surface area contributed by atoms with Crippen molar-refractivity contribution in [3.63, 3.8) is 0 Å².